The van der Waals surface area contributed by atoms with E-state index in [4.69, 9.17) is 11.6 Å². The van der Waals surface area contributed by atoms with Gasteiger partial charge in [0.1, 0.15) is 10.0 Å². The molecule has 0 aliphatic rings. The third-order valence-electron chi connectivity index (χ3n) is 2.20. The van der Waals surface area contributed by atoms with Gasteiger partial charge in [0.05, 0.1) is 0 Å². The predicted molar refractivity (Wildman–Crippen MR) is 72.0 cm³/mol. The van der Waals surface area contributed by atoms with Gasteiger partial charge in [0.15, 0.2) is 0 Å². The molecule has 7 heteroatoms. The number of rotatable bonds is 6. The largest absolute Gasteiger partial charge is 0.243 e. The monoisotopic (exact) mass is 294 g/mol. The van der Waals surface area contributed by atoms with Crippen LogP contribution in [0.2, 0.25) is 5.15 Å². The molecule has 0 saturated heterocycles. The second kappa shape index (κ2) is 6.58. The molecule has 0 radical (unpaired) electrons. The lowest BCUT2D eigenvalue weighted by molar-refractivity contribution is 0.558. The Morgan fingerprint density at radius 1 is 1.59 bits per heavy atom. The molecule has 1 heterocycles. The van der Waals surface area contributed by atoms with Gasteiger partial charge < -0.3 is 0 Å². The third kappa shape index (κ3) is 4.13. The number of pyridine rings is 1. The molecule has 96 valence electrons. The van der Waals surface area contributed by atoms with Gasteiger partial charge in [-0.2, -0.15) is 11.8 Å². The highest BCUT2D eigenvalue weighted by Gasteiger charge is 2.21. The van der Waals surface area contributed by atoms with Crippen LogP contribution in [0.25, 0.3) is 0 Å². The fourth-order valence-electron chi connectivity index (χ4n) is 1.29. The SMILES string of the molecule is CCC(CSC)NS(=O)(=O)c1cccnc1Cl. The van der Waals surface area contributed by atoms with Crippen molar-refractivity contribution in [3.05, 3.63) is 23.5 Å². The Kier molecular flexibility index (Phi) is 5.72. The second-order valence-electron chi connectivity index (χ2n) is 3.47. The fraction of sp³-hybridized carbons (Fsp3) is 0.500. The van der Waals surface area contributed by atoms with Crippen LogP contribution < -0.4 is 4.72 Å². The summed E-state index contributed by atoms with van der Waals surface area (Å²) in [6.45, 7) is 1.94. The van der Waals surface area contributed by atoms with Crippen LogP contribution in [0.15, 0.2) is 23.2 Å². The van der Waals surface area contributed by atoms with E-state index in [2.05, 4.69) is 9.71 Å². The zero-order valence-electron chi connectivity index (χ0n) is 9.68. The van der Waals surface area contributed by atoms with Crippen molar-refractivity contribution in [2.45, 2.75) is 24.3 Å². The van der Waals surface area contributed by atoms with Gasteiger partial charge in [-0.05, 0) is 24.8 Å². The summed E-state index contributed by atoms with van der Waals surface area (Å²) in [5.74, 6) is 0.730. The summed E-state index contributed by atoms with van der Waals surface area (Å²) in [4.78, 5) is 3.79. The van der Waals surface area contributed by atoms with E-state index in [1.807, 2.05) is 13.2 Å². The molecule has 0 spiro atoms. The number of nitrogens with zero attached hydrogens (tertiary/aromatic N) is 1. The lowest BCUT2D eigenvalue weighted by atomic mass is 10.3. The van der Waals surface area contributed by atoms with Crippen LogP contribution in [0.1, 0.15) is 13.3 Å². The first kappa shape index (κ1) is 14.8. The number of thioether (sulfide) groups is 1. The number of hydrogen-bond acceptors (Lipinski definition) is 4. The number of aromatic nitrogens is 1. The van der Waals surface area contributed by atoms with E-state index in [9.17, 15) is 8.42 Å². The van der Waals surface area contributed by atoms with Crippen LogP contribution in [0, 0.1) is 0 Å². The Hall–Kier alpha value is -0.300. The highest BCUT2D eigenvalue weighted by Crippen LogP contribution is 2.18. The van der Waals surface area contributed by atoms with Crippen molar-refractivity contribution < 1.29 is 8.42 Å². The Morgan fingerprint density at radius 3 is 2.82 bits per heavy atom. The lowest BCUT2D eigenvalue weighted by Crippen LogP contribution is -2.36. The zero-order valence-corrected chi connectivity index (χ0v) is 12.1. The molecule has 0 aliphatic heterocycles. The third-order valence-corrected chi connectivity index (χ3v) is 4.90. The van der Waals surface area contributed by atoms with Crippen LogP contribution in [0.4, 0.5) is 0 Å². The summed E-state index contributed by atoms with van der Waals surface area (Å²) < 4.78 is 26.7. The van der Waals surface area contributed by atoms with Crippen LogP contribution >= 0.6 is 23.4 Å². The normalized spacial score (nSPS) is 13.6. The van der Waals surface area contributed by atoms with Crippen molar-refractivity contribution in [2.24, 2.45) is 0 Å². The Balaban J connectivity index is 2.92. The van der Waals surface area contributed by atoms with E-state index in [1.165, 1.54) is 12.3 Å². The molecule has 1 aromatic heterocycles. The second-order valence-corrected chi connectivity index (χ2v) is 6.43. The molecule has 1 unspecified atom stereocenters. The van der Waals surface area contributed by atoms with Gasteiger partial charge in [-0.15, -0.1) is 0 Å². The fourth-order valence-corrected chi connectivity index (χ4v) is 3.89. The Morgan fingerprint density at radius 2 is 2.29 bits per heavy atom. The molecule has 0 fully saturated rings. The van der Waals surface area contributed by atoms with Crippen molar-refractivity contribution in [1.29, 1.82) is 0 Å². The highest BCUT2D eigenvalue weighted by atomic mass is 35.5. The van der Waals surface area contributed by atoms with Crippen LogP contribution in [0.3, 0.4) is 0 Å². The number of sulfonamides is 1. The standard InChI is InChI=1S/C10H15ClN2O2S2/c1-3-8(7-16-2)13-17(14,15)9-5-4-6-12-10(9)11/h4-6,8,13H,3,7H2,1-2H3. The maximum atomic E-state index is 12.1. The first-order valence-corrected chi connectivity index (χ1v) is 8.38. The summed E-state index contributed by atoms with van der Waals surface area (Å²) in [5.41, 5.74) is 0. The van der Waals surface area contributed by atoms with Crippen molar-refractivity contribution in [1.82, 2.24) is 9.71 Å². The van der Waals surface area contributed by atoms with Gasteiger partial charge in [-0.1, -0.05) is 18.5 Å². The first-order chi connectivity index (χ1) is 8.01. The molecule has 0 aromatic carbocycles. The number of hydrogen-bond donors (Lipinski definition) is 1. The number of nitrogens with one attached hydrogen (secondary N) is 1. The van der Waals surface area contributed by atoms with E-state index >= 15 is 0 Å². The average Bonchev–Trinajstić information content (AvgIpc) is 2.28. The molecule has 0 aliphatic carbocycles. The smallest absolute Gasteiger partial charge is 0.243 e. The summed E-state index contributed by atoms with van der Waals surface area (Å²) in [5, 5.41) is -0.000922. The molecular formula is C10H15ClN2O2S2. The molecular weight excluding hydrogens is 280 g/mol. The quantitative estimate of drug-likeness (QED) is 0.817. The molecule has 1 rings (SSSR count). The van der Waals surface area contributed by atoms with Gasteiger partial charge in [-0.3, -0.25) is 0 Å². The minimum atomic E-state index is -3.58. The summed E-state index contributed by atoms with van der Waals surface area (Å²) in [6, 6.07) is 2.91. The molecule has 1 N–H and O–H groups in total. The molecule has 0 bridgehead atoms. The average molecular weight is 295 g/mol. The van der Waals surface area contributed by atoms with E-state index < -0.39 is 10.0 Å². The van der Waals surface area contributed by atoms with Crippen molar-refractivity contribution in [3.8, 4) is 0 Å². The van der Waals surface area contributed by atoms with E-state index in [0.29, 0.717) is 0 Å². The highest BCUT2D eigenvalue weighted by molar-refractivity contribution is 7.98. The predicted octanol–water partition coefficient (Wildman–Crippen LogP) is 2.15. The summed E-state index contributed by atoms with van der Waals surface area (Å²) in [7, 11) is -3.58. The van der Waals surface area contributed by atoms with E-state index in [-0.39, 0.29) is 16.1 Å². The van der Waals surface area contributed by atoms with E-state index in [1.54, 1.807) is 17.8 Å². The van der Waals surface area contributed by atoms with Crippen LogP contribution in [-0.4, -0.2) is 31.5 Å². The van der Waals surface area contributed by atoms with Gasteiger partial charge >= 0.3 is 0 Å². The number of halogens is 1. The molecule has 0 amide bonds. The van der Waals surface area contributed by atoms with Gasteiger partial charge in [0.2, 0.25) is 10.0 Å². The molecule has 17 heavy (non-hydrogen) atoms. The summed E-state index contributed by atoms with van der Waals surface area (Å²) in [6.07, 6.45) is 4.13. The maximum absolute atomic E-state index is 12.1. The molecule has 0 saturated carbocycles. The van der Waals surface area contributed by atoms with Gasteiger partial charge in [-0.25, -0.2) is 18.1 Å². The lowest BCUT2D eigenvalue weighted by Gasteiger charge is -2.16. The molecule has 1 aromatic rings. The zero-order chi connectivity index (χ0) is 12.9. The van der Waals surface area contributed by atoms with Crippen LogP contribution in [-0.2, 0) is 10.0 Å². The molecule has 4 nitrogen and oxygen atoms in total. The summed E-state index contributed by atoms with van der Waals surface area (Å²) >= 11 is 7.38. The van der Waals surface area contributed by atoms with Gasteiger partial charge in [0.25, 0.3) is 0 Å². The Labute approximate surface area is 111 Å². The van der Waals surface area contributed by atoms with Crippen LogP contribution in [0.5, 0.6) is 0 Å². The Bertz CT molecular complexity index is 465. The topological polar surface area (TPSA) is 59.1 Å². The van der Waals surface area contributed by atoms with Gasteiger partial charge in [0, 0.05) is 18.0 Å². The van der Waals surface area contributed by atoms with Crippen molar-refractivity contribution in [3.63, 3.8) is 0 Å². The van der Waals surface area contributed by atoms with Crippen molar-refractivity contribution >= 4 is 33.4 Å². The minimum absolute atomic E-state index is 0.000922. The van der Waals surface area contributed by atoms with E-state index in [0.717, 1.165) is 12.2 Å². The molecule has 1 atom stereocenters. The first-order valence-electron chi connectivity index (χ1n) is 5.13. The maximum Gasteiger partial charge on any atom is 0.243 e. The minimum Gasteiger partial charge on any atom is -0.243 e. The van der Waals surface area contributed by atoms with Crippen molar-refractivity contribution in [2.75, 3.05) is 12.0 Å².